The first-order chi connectivity index (χ1) is 8.38. The Kier molecular flexibility index (Phi) is 7.87. The van der Waals surface area contributed by atoms with Crippen LogP contribution in [-0.4, -0.2) is 37.2 Å². The molecule has 1 saturated heterocycles. The standard InChI is InChI=1S/C13H25NO.C2H6/c1-2-8-14-9-6-12(7-10-14)11-15-13-4-3-5-13;1-2/h12-13H,2-11H2,1H3;1-2H3. The number of nitrogens with zero attached hydrogens (tertiary/aromatic N) is 1. The molecule has 1 aliphatic carbocycles. The average Bonchev–Trinajstić information content (AvgIpc) is 2.32. The Hall–Kier alpha value is -0.0800. The predicted octanol–water partition coefficient (Wildman–Crippen LogP) is 3.70. The van der Waals surface area contributed by atoms with Gasteiger partial charge in [0.2, 0.25) is 0 Å². The Bertz CT molecular complexity index is 172. The maximum atomic E-state index is 5.89. The third-order valence-electron chi connectivity index (χ3n) is 3.87. The van der Waals surface area contributed by atoms with Crippen molar-refractivity contribution in [1.29, 1.82) is 0 Å². The summed E-state index contributed by atoms with van der Waals surface area (Å²) < 4.78 is 5.89. The van der Waals surface area contributed by atoms with E-state index in [0.29, 0.717) is 6.10 Å². The lowest BCUT2D eigenvalue weighted by molar-refractivity contribution is -0.0258. The lowest BCUT2D eigenvalue weighted by Crippen LogP contribution is -2.36. The van der Waals surface area contributed by atoms with E-state index in [2.05, 4.69) is 11.8 Å². The Morgan fingerprint density at radius 3 is 2.18 bits per heavy atom. The molecule has 102 valence electrons. The number of rotatable bonds is 5. The molecule has 2 aliphatic rings. The molecule has 0 atom stereocenters. The van der Waals surface area contributed by atoms with Gasteiger partial charge >= 0.3 is 0 Å². The first-order valence-electron chi connectivity index (χ1n) is 7.72. The third kappa shape index (κ3) is 5.39. The molecule has 0 spiro atoms. The lowest BCUT2D eigenvalue weighted by atomic mass is 9.94. The van der Waals surface area contributed by atoms with Crippen LogP contribution in [0.5, 0.6) is 0 Å². The van der Waals surface area contributed by atoms with Crippen LogP contribution in [0.25, 0.3) is 0 Å². The third-order valence-corrected chi connectivity index (χ3v) is 3.87. The van der Waals surface area contributed by atoms with Gasteiger partial charge in [0.1, 0.15) is 0 Å². The van der Waals surface area contributed by atoms with Crippen molar-refractivity contribution in [2.24, 2.45) is 5.92 Å². The molecule has 1 heterocycles. The van der Waals surface area contributed by atoms with Gasteiger partial charge in [0, 0.05) is 6.61 Å². The zero-order valence-electron chi connectivity index (χ0n) is 12.1. The second-order valence-corrected chi connectivity index (χ2v) is 5.17. The van der Waals surface area contributed by atoms with Gasteiger partial charge in [-0.15, -0.1) is 0 Å². The maximum Gasteiger partial charge on any atom is 0.0575 e. The number of hydrogen-bond donors (Lipinski definition) is 0. The van der Waals surface area contributed by atoms with Gasteiger partial charge in [-0.2, -0.15) is 0 Å². The average molecular weight is 241 g/mol. The van der Waals surface area contributed by atoms with E-state index >= 15 is 0 Å². The van der Waals surface area contributed by atoms with Crippen molar-refractivity contribution in [3.63, 3.8) is 0 Å². The Labute approximate surface area is 108 Å². The second-order valence-electron chi connectivity index (χ2n) is 5.17. The van der Waals surface area contributed by atoms with Crippen LogP contribution < -0.4 is 0 Å². The smallest absolute Gasteiger partial charge is 0.0575 e. The van der Waals surface area contributed by atoms with Crippen molar-refractivity contribution in [2.45, 2.75) is 65.4 Å². The van der Waals surface area contributed by atoms with E-state index in [1.165, 1.54) is 58.2 Å². The number of likely N-dealkylation sites (tertiary alicyclic amines) is 1. The quantitative estimate of drug-likeness (QED) is 0.727. The molecule has 0 amide bonds. The molecule has 2 rings (SSSR count). The highest BCUT2D eigenvalue weighted by Crippen LogP contribution is 2.24. The zero-order valence-corrected chi connectivity index (χ0v) is 12.1. The normalized spacial score (nSPS) is 22.8. The summed E-state index contributed by atoms with van der Waals surface area (Å²) in [4.78, 5) is 2.60. The summed E-state index contributed by atoms with van der Waals surface area (Å²) in [7, 11) is 0. The van der Waals surface area contributed by atoms with E-state index in [4.69, 9.17) is 4.74 Å². The van der Waals surface area contributed by atoms with Crippen LogP contribution in [0, 0.1) is 5.92 Å². The fourth-order valence-electron chi connectivity index (χ4n) is 2.50. The van der Waals surface area contributed by atoms with E-state index in [0.717, 1.165) is 12.5 Å². The van der Waals surface area contributed by atoms with Gasteiger partial charge in [-0.05, 0) is 64.1 Å². The summed E-state index contributed by atoms with van der Waals surface area (Å²) >= 11 is 0. The van der Waals surface area contributed by atoms with Crippen molar-refractivity contribution in [3.05, 3.63) is 0 Å². The summed E-state index contributed by atoms with van der Waals surface area (Å²) in [6.45, 7) is 11.2. The fraction of sp³-hybridized carbons (Fsp3) is 1.00. The van der Waals surface area contributed by atoms with Crippen LogP contribution in [0.15, 0.2) is 0 Å². The highest BCUT2D eigenvalue weighted by Gasteiger charge is 2.22. The summed E-state index contributed by atoms with van der Waals surface area (Å²) in [5.74, 6) is 0.846. The molecule has 0 aromatic carbocycles. The van der Waals surface area contributed by atoms with Crippen LogP contribution >= 0.6 is 0 Å². The van der Waals surface area contributed by atoms with Gasteiger partial charge in [0.15, 0.2) is 0 Å². The van der Waals surface area contributed by atoms with Gasteiger partial charge in [0.25, 0.3) is 0 Å². The number of ether oxygens (including phenoxy) is 1. The van der Waals surface area contributed by atoms with Gasteiger partial charge in [-0.3, -0.25) is 0 Å². The Morgan fingerprint density at radius 2 is 1.71 bits per heavy atom. The van der Waals surface area contributed by atoms with Gasteiger partial charge in [0.05, 0.1) is 6.10 Å². The first kappa shape index (κ1) is 15.0. The summed E-state index contributed by atoms with van der Waals surface area (Å²) in [5.41, 5.74) is 0. The Balaban J connectivity index is 0.000000686. The van der Waals surface area contributed by atoms with Crippen molar-refractivity contribution >= 4 is 0 Å². The highest BCUT2D eigenvalue weighted by molar-refractivity contribution is 4.74. The number of hydrogen-bond acceptors (Lipinski definition) is 2. The van der Waals surface area contributed by atoms with Gasteiger partial charge in [-0.1, -0.05) is 20.8 Å². The van der Waals surface area contributed by atoms with Crippen molar-refractivity contribution < 1.29 is 4.74 Å². The molecule has 2 fully saturated rings. The van der Waals surface area contributed by atoms with E-state index in [9.17, 15) is 0 Å². The summed E-state index contributed by atoms with van der Waals surface area (Å²) in [6, 6.07) is 0. The molecular weight excluding hydrogens is 210 g/mol. The second kappa shape index (κ2) is 8.93. The van der Waals surface area contributed by atoms with Crippen molar-refractivity contribution in [2.75, 3.05) is 26.2 Å². The van der Waals surface area contributed by atoms with E-state index < -0.39 is 0 Å². The van der Waals surface area contributed by atoms with Gasteiger partial charge in [-0.25, -0.2) is 0 Å². The molecule has 0 aromatic rings. The first-order valence-corrected chi connectivity index (χ1v) is 7.72. The lowest BCUT2D eigenvalue weighted by Gasteiger charge is -2.33. The van der Waals surface area contributed by atoms with E-state index in [-0.39, 0.29) is 0 Å². The van der Waals surface area contributed by atoms with Crippen molar-refractivity contribution in [1.82, 2.24) is 4.90 Å². The zero-order chi connectivity index (χ0) is 12.5. The molecular formula is C15H31NO. The van der Waals surface area contributed by atoms with E-state index in [1.54, 1.807) is 0 Å². The minimum atomic E-state index is 0.624. The van der Waals surface area contributed by atoms with E-state index in [1.807, 2.05) is 13.8 Å². The molecule has 0 unspecified atom stereocenters. The summed E-state index contributed by atoms with van der Waals surface area (Å²) in [6.07, 6.45) is 8.64. The molecule has 2 heteroatoms. The molecule has 0 aromatic heterocycles. The van der Waals surface area contributed by atoms with Crippen LogP contribution in [0.1, 0.15) is 59.3 Å². The molecule has 0 N–H and O–H groups in total. The van der Waals surface area contributed by atoms with Crippen LogP contribution in [-0.2, 0) is 4.74 Å². The summed E-state index contributed by atoms with van der Waals surface area (Å²) in [5, 5.41) is 0. The molecule has 1 aliphatic heterocycles. The van der Waals surface area contributed by atoms with Gasteiger partial charge < -0.3 is 9.64 Å². The topological polar surface area (TPSA) is 12.5 Å². The minimum Gasteiger partial charge on any atom is -0.378 e. The molecule has 1 saturated carbocycles. The molecule has 0 bridgehead atoms. The fourth-order valence-corrected chi connectivity index (χ4v) is 2.50. The predicted molar refractivity (Wildman–Crippen MR) is 74.4 cm³/mol. The number of piperidine rings is 1. The van der Waals surface area contributed by atoms with Crippen molar-refractivity contribution in [3.8, 4) is 0 Å². The molecule has 17 heavy (non-hydrogen) atoms. The SMILES string of the molecule is CC.CCCN1CCC(COC2CCC2)CC1. The monoisotopic (exact) mass is 241 g/mol. The maximum absolute atomic E-state index is 5.89. The molecule has 2 nitrogen and oxygen atoms in total. The van der Waals surface area contributed by atoms with Crippen LogP contribution in [0.2, 0.25) is 0 Å². The Morgan fingerprint density at radius 1 is 1.06 bits per heavy atom. The molecule has 0 radical (unpaired) electrons. The highest BCUT2D eigenvalue weighted by atomic mass is 16.5. The van der Waals surface area contributed by atoms with Crippen LogP contribution in [0.4, 0.5) is 0 Å². The minimum absolute atomic E-state index is 0.624. The largest absolute Gasteiger partial charge is 0.378 e. The van der Waals surface area contributed by atoms with Crippen LogP contribution in [0.3, 0.4) is 0 Å².